The van der Waals surface area contributed by atoms with Gasteiger partial charge in [0.15, 0.2) is 11.5 Å². The summed E-state index contributed by atoms with van der Waals surface area (Å²) in [5.41, 5.74) is 1.03. The molecule has 5 nitrogen and oxygen atoms in total. The molecule has 0 saturated heterocycles. The molecule has 6 heteroatoms. The van der Waals surface area contributed by atoms with Crippen molar-refractivity contribution in [3.63, 3.8) is 0 Å². The average molecular weight is 271 g/mol. The first kappa shape index (κ1) is 13.2. The van der Waals surface area contributed by atoms with Gasteiger partial charge in [0.2, 0.25) is 6.79 Å². The van der Waals surface area contributed by atoms with Crippen molar-refractivity contribution in [2.45, 2.75) is 13.0 Å². The number of ether oxygens (including phenoxy) is 2. The predicted molar refractivity (Wildman–Crippen MR) is 68.6 cm³/mol. The zero-order valence-electron chi connectivity index (χ0n) is 10.3. The molecular formula is C12H17NO4S. The molecule has 0 saturated carbocycles. The summed E-state index contributed by atoms with van der Waals surface area (Å²) in [7, 11) is -2.86. The van der Waals surface area contributed by atoms with Crippen molar-refractivity contribution in [1.82, 2.24) is 5.32 Å². The highest BCUT2D eigenvalue weighted by Gasteiger charge is 2.16. The minimum absolute atomic E-state index is 0.215. The van der Waals surface area contributed by atoms with Gasteiger partial charge in [-0.2, -0.15) is 0 Å². The van der Waals surface area contributed by atoms with Crippen LogP contribution in [0.2, 0.25) is 0 Å². The van der Waals surface area contributed by atoms with Gasteiger partial charge in [-0.1, -0.05) is 12.1 Å². The van der Waals surface area contributed by atoms with Crippen LogP contribution in [-0.4, -0.2) is 33.8 Å². The number of hydrogen-bond acceptors (Lipinski definition) is 5. The number of fused-ring (bicyclic) bond motifs is 1. The molecule has 0 amide bonds. The Labute approximate surface area is 107 Å². The Morgan fingerprint density at radius 2 is 2.17 bits per heavy atom. The maximum absolute atomic E-state index is 11.0. The van der Waals surface area contributed by atoms with Crippen LogP contribution in [0.1, 0.15) is 12.0 Å². The zero-order valence-corrected chi connectivity index (χ0v) is 11.1. The van der Waals surface area contributed by atoms with E-state index in [0.717, 1.165) is 17.1 Å². The maximum Gasteiger partial charge on any atom is 0.231 e. The van der Waals surface area contributed by atoms with Crippen LogP contribution in [0.3, 0.4) is 0 Å². The summed E-state index contributed by atoms with van der Waals surface area (Å²) in [5, 5.41) is 3.20. The molecule has 1 aromatic carbocycles. The van der Waals surface area contributed by atoms with Crippen LogP contribution < -0.4 is 14.8 Å². The summed E-state index contributed by atoms with van der Waals surface area (Å²) in [6.45, 7) is 1.58. The van der Waals surface area contributed by atoms with Crippen molar-refractivity contribution in [2.24, 2.45) is 0 Å². The highest BCUT2D eigenvalue weighted by Crippen LogP contribution is 2.35. The first-order chi connectivity index (χ1) is 8.56. The van der Waals surface area contributed by atoms with Crippen molar-refractivity contribution in [3.05, 3.63) is 23.8 Å². The van der Waals surface area contributed by atoms with E-state index in [2.05, 4.69) is 5.32 Å². The third kappa shape index (κ3) is 3.61. The van der Waals surface area contributed by atoms with Crippen LogP contribution in [0.4, 0.5) is 0 Å². The lowest BCUT2D eigenvalue weighted by Gasteiger charge is -2.07. The first-order valence-corrected chi connectivity index (χ1v) is 7.88. The average Bonchev–Trinajstić information content (AvgIpc) is 2.75. The molecule has 2 rings (SSSR count). The van der Waals surface area contributed by atoms with Crippen LogP contribution in [-0.2, 0) is 16.4 Å². The minimum atomic E-state index is -2.86. The second-order valence-electron chi connectivity index (χ2n) is 4.31. The van der Waals surface area contributed by atoms with Gasteiger partial charge < -0.3 is 14.8 Å². The predicted octanol–water partition coefficient (Wildman–Crippen LogP) is 0.940. The van der Waals surface area contributed by atoms with E-state index in [-0.39, 0.29) is 12.5 Å². The molecule has 0 bridgehead atoms. The second-order valence-corrected chi connectivity index (χ2v) is 6.57. The normalized spacial score (nSPS) is 13.8. The molecule has 0 radical (unpaired) electrons. The monoisotopic (exact) mass is 271 g/mol. The van der Waals surface area contributed by atoms with Gasteiger partial charge in [-0.3, -0.25) is 0 Å². The molecule has 1 aliphatic rings. The van der Waals surface area contributed by atoms with Crippen LogP contribution in [0.5, 0.6) is 11.5 Å². The first-order valence-electron chi connectivity index (χ1n) is 5.82. The maximum atomic E-state index is 11.0. The molecule has 0 spiro atoms. The van der Waals surface area contributed by atoms with Gasteiger partial charge in [0.1, 0.15) is 9.84 Å². The lowest BCUT2D eigenvalue weighted by molar-refractivity contribution is 0.173. The minimum Gasteiger partial charge on any atom is -0.454 e. The second kappa shape index (κ2) is 5.58. The van der Waals surface area contributed by atoms with E-state index in [9.17, 15) is 8.42 Å². The highest BCUT2D eigenvalue weighted by atomic mass is 32.2. The summed E-state index contributed by atoms with van der Waals surface area (Å²) < 4.78 is 32.6. The molecule has 0 fully saturated rings. The van der Waals surface area contributed by atoms with Crippen molar-refractivity contribution in [3.8, 4) is 11.5 Å². The van der Waals surface area contributed by atoms with E-state index >= 15 is 0 Å². The molecule has 1 aliphatic heterocycles. The summed E-state index contributed by atoms with van der Waals surface area (Å²) in [6, 6.07) is 5.76. The number of para-hydroxylation sites is 1. The molecule has 18 heavy (non-hydrogen) atoms. The molecule has 1 heterocycles. The molecule has 1 aromatic rings. The fraction of sp³-hybridized carbons (Fsp3) is 0.500. The molecule has 1 N–H and O–H groups in total. The third-order valence-corrected chi connectivity index (χ3v) is 3.69. The van der Waals surface area contributed by atoms with Crippen molar-refractivity contribution < 1.29 is 17.9 Å². The van der Waals surface area contributed by atoms with Gasteiger partial charge in [-0.05, 0) is 19.0 Å². The van der Waals surface area contributed by atoms with Gasteiger partial charge in [0.05, 0.1) is 5.75 Å². The highest BCUT2D eigenvalue weighted by molar-refractivity contribution is 7.90. The van der Waals surface area contributed by atoms with Crippen LogP contribution >= 0.6 is 0 Å². The summed E-state index contributed by atoms with van der Waals surface area (Å²) in [5.74, 6) is 1.77. The molecule has 0 atom stereocenters. The van der Waals surface area contributed by atoms with E-state index in [0.29, 0.717) is 19.5 Å². The number of nitrogens with one attached hydrogen (secondary N) is 1. The van der Waals surface area contributed by atoms with E-state index in [1.165, 1.54) is 6.26 Å². The Hall–Kier alpha value is -1.27. The van der Waals surface area contributed by atoms with Crippen LogP contribution in [0.25, 0.3) is 0 Å². The van der Waals surface area contributed by atoms with E-state index in [1.54, 1.807) is 0 Å². The van der Waals surface area contributed by atoms with E-state index in [1.807, 2.05) is 18.2 Å². The molecule has 0 unspecified atom stereocenters. The SMILES string of the molecule is CS(=O)(=O)CCCNCc1cccc2c1OCO2. The standard InChI is InChI=1S/C12H17NO4S/c1-18(14,15)7-3-6-13-8-10-4-2-5-11-12(10)17-9-16-11/h2,4-5,13H,3,6-9H2,1H3. The van der Waals surface area contributed by atoms with E-state index < -0.39 is 9.84 Å². The zero-order chi connectivity index (χ0) is 13.0. The Bertz CT molecular complexity index is 513. The molecule has 0 aliphatic carbocycles. The van der Waals surface area contributed by atoms with Gasteiger partial charge in [0.25, 0.3) is 0 Å². The number of benzene rings is 1. The number of sulfone groups is 1. The lowest BCUT2D eigenvalue weighted by Crippen LogP contribution is -2.18. The fourth-order valence-corrected chi connectivity index (χ4v) is 2.48. The lowest BCUT2D eigenvalue weighted by atomic mass is 10.2. The third-order valence-electron chi connectivity index (χ3n) is 2.66. The Morgan fingerprint density at radius 1 is 1.33 bits per heavy atom. The Morgan fingerprint density at radius 3 is 2.94 bits per heavy atom. The number of rotatable bonds is 6. The number of hydrogen-bond donors (Lipinski definition) is 1. The van der Waals surface area contributed by atoms with Crippen molar-refractivity contribution in [1.29, 1.82) is 0 Å². The topological polar surface area (TPSA) is 64.6 Å². The van der Waals surface area contributed by atoms with Crippen molar-refractivity contribution >= 4 is 9.84 Å². The van der Waals surface area contributed by atoms with E-state index in [4.69, 9.17) is 9.47 Å². The summed E-state index contributed by atoms with van der Waals surface area (Å²) >= 11 is 0. The summed E-state index contributed by atoms with van der Waals surface area (Å²) in [4.78, 5) is 0. The molecular weight excluding hydrogens is 254 g/mol. The fourth-order valence-electron chi connectivity index (χ4n) is 1.81. The Balaban J connectivity index is 1.79. The summed E-state index contributed by atoms with van der Waals surface area (Å²) in [6.07, 6.45) is 1.87. The van der Waals surface area contributed by atoms with Gasteiger partial charge >= 0.3 is 0 Å². The van der Waals surface area contributed by atoms with Gasteiger partial charge in [0, 0.05) is 18.4 Å². The van der Waals surface area contributed by atoms with Gasteiger partial charge in [-0.15, -0.1) is 0 Å². The quantitative estimate of drug-likeness (QED) is 0.780. The van der Waals surface area contributed by atoms with Crippen molar-refractivity contribution in [2.75, 3.05) is 25.3 Å². The largest absolute Gasteiger partial charge is 0.454 e. The van der Waals surface area contributed by atoms with Crippen LogP contribution in [0, 0.1) is 0 Å². The van der Waals surface area contributed by atoms with Crippen LogP contribution in [0.15, 0.2) is 18.2 Å². The molecule has 100 valence electrons. The van der Waals surface area contributed by atoms with Gasteiger partial charge in [-0.25, -0.2) is 8.42 Å². The Kier molecular flexibility index (Phi) is 4.08. The molecule has 0 aromatic heterocycles. The smallest absolute Gasteiger partial charge is 0.231 e.